The molecule has 1 heterocycles. The zero-order valence-electron chi connectivity index (χ0n) is 10.0. The molecule has 17 heavy (non-hydrogen) atoms. The number of oxime groups is 1. The van der Waals surface area contributed by atoms with E-state index in [4.69, 9.17) is 15.4 Å². The minimum absolute atomic E-state index is 0.00736. The molecule has 1 rings (SSSR count). The van der Waals surface area contributed by atoms with Crippen LogP contribution in [-0.4, -0.2) is 34.9 Å². The fourth-order valence-corrected chi connectivity index (χ4v) is 1.53. The van der Waals surface area contributed by atoms with E-state index < -0.39 is 0 Å². The van der Waals surface area contributed by atoms with Gasteiger partial charge in [-0.2, -0.15) is 0 Å². The van der Waals surface area contributed by atoms with Crippen LogP contribution in [0.15, 0.2) is 21.9 Å². The predicted octanol–water partition coefficient (Wildman–Crippen LogP) is 1.19. The second kappa shape index (κ2) is 5.93. The molecule has 1 aromatic rings. The molecule has 0 saturated carbocycles. The molecule has 0 spiro atoms. The third kappa shape index (κ3) is 3.24. The molecule has 0 aromatic carbocycles. The normalized spacial score (nSPS) is 11.5. The second-order valence-corrected chi connectivity index (χ2v) is 3.71. The highest BCUT2D eigenvalue weighted by molar-refractivity contribution is 5.97. The maximum Gasteiger partial charge on any atom is 0.257 e. The molecule has 3 N–H and O–H groups in total. The van der Waals surface area contributed by atoms with E-state index in [0.29, 0.717) is 17.9 Å². The Hall–Kier alpha value is -1.98. The molecular weight excluding hydrogens is 222 g/mol. The number of furan rings is 1. The van der Waals surface area contributed by atoms with E-state index in [0.717, 1.165) is 6.42 Å². The van der Waals surface area contributed by atoms with E-state index in [2.05, 4.69) is 5.16 Å². The zero-order valence-corrected chi connectivity index (χ0v) is 10.0. The molecule has 1 aromatic heterocycles. The fourth-order valence-electron chi connectivity index (χ4n) is 1.53. The van der Waals surface area contributed by atoms with Crippen molar-refractivity contribution in [1.29, 1.82) is 0 Å². The molecule has 6 nitrogen and oxygen atoms in total. The van der Waals surface area contributed by atoms with Crippen LogP contribution in [0.2, 0.25) is 0 Å². The smallest absolute Gasteiger partial charge is 0.257 e. The topological polar surface area (TPSA) is 92.1 Å². The summed E-state index contributed by atoms with van der Waals surface area (Å²) in [5.41, 5.74) is 5.92. The summed E-state index contributed by atoms with van der Waals surface area (Å²) in [7, 11) is 0. The molecule has 0 bridgehead atoms. The van der Waals surface area contributed by atoms with Gasteiger partial charge in [-0.1, -0.05) is 12.1 Å². The first-order chi connectivity index (χ1) is 8.10. The Kier molecular flexibility index (Phi) is 4.56. The first-order valence-electron chi connectivity index (χ1n) is 5.39. The Balaban J connectivity index is 2.84. The Labute approximate surface area is 99.7 Å². The molecular formula is C11H17N3O3. The van der Waals surface area contributed by atoms with Crippen molar-refractivity contribution >= 4 is 11.7 Å². The third-order valence-electron chi connectivity index (χ3n) is 2.35. The van der Waals surface area contributed by atoms with E-state index in [1.807, 2.05) is 6.92 Å². The Morgan fingerprint density at radius 3 is 2.82 bits per heavy atom. The summed E-state index contributed by atoms with van der Waals surface area (Å²) in [6.07, 6.45) is 2.26. The van der Waals surface area contributed by atoms with Crippen molar-refractivity contribution < 1.29 is 14.4 Å². The van der Waals surface area contributed by atoms with Crippen LogP contribution in [-0.2, 0) is 0 Å². The standard InChI is InChI=1S/C11H17N3O3/c1-3-5-14(7-10(12)13-16)11(15)9-4-6-17-8(9)2/h4,6,16H,3,5,7H2,1-2H3,(H2,12,13). The molecule has 0 atom stereocenters. The fraction of sp³-hybridized carbons (Fsp3) is 0.455. The lowest BCUT2D eigenvalue weighted by molar-refractivity contribution is 0.0776. The number of carbonyl (C=O) groups is 1. The van der Waals surface area contributed by atoms with Crippen LogP contribution in [0.1, 0.15) is 29.5 Å². The van der Waals surface area contributed by atoms with Gasteiger partial charge in [0.05, 0.1) is 18.4 Å². The predicted molar refractivity (Wildman–Crippen MR) is 63.0 cm³/mol. The number of amides is 1. The van der Waals surface area contributed by atoms with E-state index in [1.54, 1.807) is 13.0 Å². The number of nitrogens with two attached hydrogens (primary N) is 1. The van der Waals surface area contributed by atoms with Crippen molar-refractivity contribution in [2.75, 3.05) is 13.1 Å². The summed E-state index contributed by atoms with van der Waals surface area (Å²) in [6.45, 7) is 4.32. The lowest BCUT2D eigenvalue weighted by Gasteiger charge is -2.20. The summed E-state index contributed by atoms with van der Waals surface area (Å²) >= 11 is 0. The average molecular weight is 239 g/mol. The van der Waals surface area contributed by atoms with Crippen LogP contribution >= 0.6 is 0 Å². The van der Waals surface area contributed by atoms with E-state index >= 15 is 0 Å². The first kappa shape index (κ1) is 13.1. The molecule has 0 radical (unpaired) electrons. The lowest BCUT2D eigenvalue weighted by Crippen LogP contribution is -2.39. The molecule has 0 unspecified atom stereocenters. The van der Waals surface area contributed by atoms with Gasteiger partial charge in [-0.25, -0.2) is 0 Å². The monoisotopic (exact) mass is 239 g/mol. The van der Waals surface area contributed by atoms with Gasteiger partial charge in [0.2, 0.25) is 0 Å². The van der Waals surface area contributed by atoms with Gasteiger partial charge >= 0.3 is 0 Å². The summed E-state index contributed by atoms with van der Waals surface area (Å²) in [4.78, 5) is 13.7. The zero-order chi connectivity index (χ0) is 12.8. The summed E-state index contributed by atoms with van der Waals surface area (Å²) in [5.74, 6) is 0.397. The number of nitrogens with zero attached hydrogens (tertiary/aromatic N) is 2. The quantitative estimate of drug-likeness (QED) is 0.349. The summed E-state index contributed by atoms with van der Waals surface area (Å²) < 4.78 is 5.09. The van der Waals surface area contributed by atoms with Crippen molar-refractivity contribution in [2.45, 2.75) is 20.3 Å². The van der Waals surface area contributed by atoms with Gasteiger partial charge < -0.3 is 20.3 Å². The highest BCUT2D eigenvalue weighted by Crippen LogP contribution is 2.12. The van der Waals surface area contributed by atoms with Crippen LogP contribution in [0.3, 0.4) is 0 Å². The average Bonchev–Trinajstić information content (AvgIpc) is 2.73. The van der Waals surface area contributed by atoms with Gasteiger partial charge in [-0.15, -0.1) is 0 Å². The van der Waals surface area contributed by atoms with E-state index in [9.17, 15) is 4.79 Å². The molecule has 6 heteroatoms. The molecule has 0 aliphatic heterocycles. The SMILES string of the molecule is CCCN(CC(N)=NO)C(=O)c1ccoc1C. The number of carbonyl (C=O) groups excluding carboxylic acids is 1. The number of rotatable bonds is 5. The van der Waals surface area contributed by atoms with Crippen molar-refractivity contribution in [1.82, 2.24) is 4.90 Å². The van der Waals surface area contributed by atoms with Gasteiger partial charge in [0.25, 0.3) is 5.91 Å². The number of aryl methyl sites for hydroxylation is 1. The minimum atomic E-state index is -0.176. The van der Waals surface area contributed by atoms with Crippen LogP contribution in [0.4, 0.5) is 0 Å². The Morgan fingerprint density at radius 1 is 1.65 bits per heavy atom. The van der Waals surface area contributed by atoms with Crippen molar-refractivity contribution in [3.63, 3.8) is 0 Å². The molecule has 0 aliphatic rings. The molecule has 1 amide bonds. The lowest BCUT2D eigenvalue weighted by atomic mass is 10.2. The summed E-state index contributed by atoms with van der Waals surface area (Å²) in [5, 5.41) is 11.4. The van der Waals surface area contributed by atoms with Crippen LogP contribution in [0.5, 0.6) is 0 Å². The molecule has 94 valence electrons. The van der Waals surface area contributed by atoms with Crippen molar-refractivity contribution in [3.8, 4) is 0 Å². The second-order valence-electron chi connectivity index (χ2n) is 3.71. The van der Waals surface area contributed by atoms with Gasteiger partial charge in [-0.05, 0) is 19.4 Å². The van der Waals surface area contributed by atoms with Crippen molar-refractivity contribution in [3.05, 3.63) is 23.7 Å². The Morgan fingerprint density at radius 2 is 2.35 bits per heavy atom. The van der Waals surface area contributed by atoms with Gasteiger partial charge in [0.1, 0.15) is 5.76 Å². The minimum Gasteiger partial charge on any atom is -0.469 e. The van der Waals surface area contributed by atoms with Gasteiger partial charge in [0.15, 0.2) is 5.84 Å². The first-order valence-corrected chi connectivity index (χ1v) is 5.39. The van der Waals surface area contributed by atoms with Gasteiger partial charge in [0, 0.05) is 6.54 Å². The largest absolute Gasteiger partial charge is 0.469 e. The number of hydrogen-bond acceptors (Lipinski definition) is 4. The number of amidine groups is 1. The highest BCUT2D eigenvalue weighted by Gasteiger charge is 2.19. The molecule has 0 saturated heterocycles. The van der Waals surface area contributed by atoms with E-state index in [1.165, 1.54) is 11.2 Å². The van der Waals surface area contributed by atoms with E-state index in [-0.39, 0.29) is 18.3 Å². The highest BCUT2D eigenvalue weighted by atomic mass is 16.4. The van der Waals surface area contributed by atoms with Crippen LogP contribution in [0.25, 0.3) is 0 Å². The van der Waals surface area contributed by atoms with Gasteiger partial charge in [-0.3, -0.25) is 4.79 Å². The van der Waals surface area contributed by atoms with Crippen molar-refractivity contribution in [2.24, 2.45) is 10.9 Å². The molecule has 0 fully saturated rings. The maximum absolute atomic E-state index is 12.1. The summed E-state index contributed by atoms with van der Waals surface area (Å²) in [6, 6.07) is 1.62. The third-order valence-corrected chi connectivity index (χ3v) is 2.35. The Bertz CT molecular complexity index is 412. The van der Waals surface area contributed by atoms with Crippen LogP contribution in [0, 0.1) is 6.92 Å². The van der Waals surface area contributed by atoms with Crippen LogP contribution < -0.4 is 5.73 Å². The maximum atomic E-state index is 12.1. The molecule has 0 aliphatic carbocycles. The number of hydrogen-bond donors (Lipinski definition) is 2.